The molecular formula is C19H18N2O4S2. The first-order chi connectivity index (χ1) is 12.9. The number of rotatable bonds is 4. The molecule has 140 valence electrons. The van der Waals surface area contributed by atoms with Gasteiger partial charge in [0.1, 0.15) is 0 Å². The average molecular weight is 402 g/mol. The van der Waals surface area contributed by atoms with E-state index in [-0.39, 0.29) is 15.7 Å². The first-order valence-electron chi connectivity index (χ1n) is 8.65. The molecule has 1 aliphatic rings. The maximum absolute atomic E-state index is 12.6. The van der Waals surface area contributed by atoms with Gasteiger partial charge in [0, 0.05) is 4.88 Å². The van der Waals surface area contributed by atoms with Gasteiger partial charge in [-0.3, -0.25) is 10.1 Å². The normalized spacial score (nSPS) is 14.0. The summed E-state index contributed by atoms with van der Waals surface area (Å²) in [6.45, 7) is 1.88. The summed E-state index contributed by atoms with van der Waals surface area (Å²) < 4.78 is 30.6. The maximum Gasteiger partial charge on any atom is 0.293 e. The SMILES string of the molecule is Cc1ccc(S(=O)(=O)c2ccc(C(=O)Nc3nc4c(s3)CCCC4)o2)cc1. The van der Waals surface area contributed by atoms with E-state index >= 15 is 0 Å². The van der Waals surface area contributed by atoms with Gasteiger partial charge in [0.05, 0.1) is 10.6 Å². The lowest BCUT2D eigenvalue weighted by atomic mass is 10.0. The van der Waals surface area contributed by atoms with E-state index in [4.69, 9.17) is 4.42 Å². The number of furan rings is 1. The third kappa shape index (κ3) is 3.54. The number of benzene rings is 1. The number of anilines is 1. The van der Waals surface area contributed by atoms with Gasteiger partial charge >= 0.3 is 0 Å². The van der Waals surface area contributed by atoms with Crippen molar-refractivity contribution in [2.75, 3.05) is 5.32 Å². The van der Waals surface area contributed by atoms with Gasteiger partial charge in [-0.15, -0.1) is 11.3 Å². The molecule has 1 amide bonds. The van der Waals surface area contributed by atoms with Crippen LogP contribution in [-0.2, 0) is 22.7 Å². The van der Waals surface area contributed by atoms with Gasteiger partial charge in [-0.2, -0.15) is 0 Å². The minimum absolute atomic E-state index is 0.0612. The Hall–Kier alpha value is -2.45. The third-order valence-electron chi connectivity index (χ3n) is 4.47. The highest BCUT2D eigenvalue weighted by Crippen LogP contribution is 2.30. The second kappa shape index (κ2) is 6.94. The second-order valence-electron chi connectivity index (χ2n) is 6.49. The van der Waals surface area contributed by atoms with Gasteiger partial charge in [-0.05, 0) is 56.9 Å². The molecule has 2 aromatic heterocycles. The quantitative estimate of drug-likeness (QED) is 0.712. The molecule has 4 rings (SSSR count). The van der Waals surface area contributed by atoms with Crippen LogP contribution in [0.2, 0.25) is 0 Å². The van der Waals surface area contributed by atoms with E-state index in [1.54, 1.807) is 12.1 Å². The molecule has 27 heavy (non-hydrogen) atoms. The summed E-state index contributed by atoms with van der Waals surface area (Å²) in [6.07, 6.45) is 4.17. The molecule has 0 spiro atoms. The highest BCUT2D eigenvalue weighted by atomic mass is 32.2. The smallest absolute Gasteiger partial charge is 0.293 e. The van der Waals surface area contributed by atoms with Crippen molar-refractivity contribution in [1.82, 2.24) is 4.98 Å². The largest absolute Gasteiger partial charge is 0.439 e. The molecule has 0 atom stereocenters. The summed E-state index contributed by atoms with van der Waals surface area (Å²) >= 11 is 1.47. The minimum Gasteiger partial charge on any atom is -0.439 e. The first kappa shape index (κ1) is 17.9. The highest BCUT2D eigenvalue weighted by Gasteiger charge is 2.24. The summed E-state index contributed by atoms with van der Waals surface area (Å²) in [5.74, 6) is -0.569. The van der Waals surface area contributed by atoms with Crippen molar-refractivity contribution in [3.63, 3.8) is 0 Å². The lowest BCUT2D eigenvalue weighted by Gasteiger charge is -2.06. The topological polar surface area (TPSA) is 89.3 Å². The zero-order chi connectivity index (χ0) is 19.0. The Morgan fingerprint density at radius 2 is 1.85 bits per heavy atom. The van der Waals surface area contributed by atoms with Gasteiger partial charge in [0.25, 0.3) is 5.91 Å². The van der Waals surface area contributed by atoms with E-state index in [0.29, 0.717) is 5.13 Å². The fraction of sp³-hybridized carbons (Fsp3) is 0.263. The standard InChI is InChI=1S/C19H18N2O4S2/c1-12-6-8-13(9-7-12)27(23,24)17-11-10-15(25-17)18(22)21-19-20-14-4-2-3-5-16(14)26-19/h6-11H,2-5H2,1H3,(H,20,21,22). The molecule has 0 radical (unpaired) electrons. The van der Waals surface area contributed by atoms with Crippen LogP contribution in [0.1, 0.15) is 39.5 Å². The number of carbonyl (C=O) groups excluding carboxylic acids is 1. The summed E-state index contributed by atoms with van der Waals surface area (Å²) in [5.41, 5.74) is 2.00. The fourth-order valence-electron chi connectivity index (χ4n) is 2.98. The molecule has 6 nitrogen and oxygen atoms in total. The van der Waals surface area contributed by atoms with Crippen LogP contribution in [-0.4, -0.2) is 19.3 Å². The molecule has 0 saturated carbocycles. The fourth-order valence-corrected chi connectivity index (χ4v) is 5.20. The number of aryl methyl sites for hydroxylation is 3. The molecule has 1 N–H and O–H groups in total. The number of fused-ring (bicyclic) bond motifs is 1. The Labute approximate surface area is 161 Å². The predicted octanol–water partition coefficient (Wildman–Crippen LogP) is 4.01. The first-order valence-corrected chi connectivity index (χ1v) is 10.9. The maximum atomic E-state index is 12.6. The molecule has 2 heterocycles. The Morgan fingerprint density at radius 3 is 2.59 bits per heavy atom. The summed E-state index contributed by atoms with van der Waals surface area (Å²) in [4.78, 5) is 18.2. The van der Waals surface area contributed by atoms with Gasteiger partial charge < -0.3 is 4.42 Å². The zero-order valence-electron chi connectivity index (χ0n) is 14.7. The molecule has 1 aromatic carbocycles. The molecule has 0 saturated heterocycles. The van der Waals surface area contributed by atoms with Crippen molar-refractivity contribution >= 4 is 32.2 Å². The van der Waals surface area contributed by atoms with E-state index in [9.17, 15) is 13.2 Å². The van der Waals surface area contributed by atoms with E-state index in [0.717, 1.165) is 36.9 Å². The Bertz CT molecular complexity index is 1070. The highest BCUT2D eigenvalue weighted by molar-refractivity contribution is 7.91. The van der Waals surface area contributed by atoms with Crippen LogP contribution in [0.4, 0.5) is 5.13 Å². The van der Waals surface area contributed by atoms with Crippen molar-refractivity contribution in [3.05, 3.63) is 58.3 Å². The number of carbonyl (C=O) groups is 1. The van der Waals surface area contributed by atoms with Gasteiger partial charge in [-0.25, -0.2) is 13.4 Å². The number of thiazole rings is 1. The molecule has 3 aromatic rings. The van der Waals surface area contributed by atoms with E-state index in [2.05, 4.69) is 10.3 Å². The summed E-state index contributed by atoms with van der Waals surface area (Å²) in [7, 11) is -3.80. The molecular weight excluding hydrogens is 384 g/mol. The van der Waals surface area contributed by atoms with E-state index in [1.807, 2.05) is 6.92 Å². The van der Waals surface area contributed by atoms with Crippen LogP contribution in [0.5, 0.6) is 0 Å². The van der Waals surface area contributed by atoms with Crippen LogP contribution in [0.25, 0.3) is 0 Å². The molecule has 1 aliphatic carbocycles. The third-order valence-corrected chi connectivity index (χ3v) is 7.18. The number of amides is 1. The summed E-state index contributed by atoms with van der Waals surface area (Å²) in [5, 5.41) is 2.97. The van der Waals surface area contributed by atoms with Crippen LogP contribution in [0.15, 0.2) is 50.8 Å². The molecule has 0 aliphatic heterocycles. The van der Waals surface area contributed by atoms with Crippen molar-refractivity contribution < 1.29 is 17.6 Å². The monoisotopic (exact) mass is 402 g/mol. The predicted molar refractivity (Wildman–Crippen MR) is 102 cm³/mol. The van der Waals surface area contributed by atoms with Gasteiger partial charge in [0.15, 0.2) is 10.9 Å². The van der Waals surface area contributed by atoms with E-state index < -0.39 is 15.7 Å². The minimum atomic E-state index is -3.80. The number of hydrogen-bond donors (Lipinski definition) is 1. The lowest BCUT2D eigenvalue weighted by Crippen LogP contribution is -2.11. The number of nitrogens with zero attached hydrogens (tertiary/aromatic N) is 1. The molecule has 8 heteroatoms. The van der Waals surface area contributed by atoms with Crippen LogP contribution < -0.4 is 5.32 Å². The Kier molecular flexibility index (Phi) is 4.61. The van der Waals surface area contributed by atoms with E-state index in [1.165, 1.54) is 40.5 Å². The van der Waals surface area contributed by atoms with Crippen molar-refractivity contribution in [3.8, 4) is 0 Å². The molecule has 0 bridgehead atoms. The van der Waals surface area contributed by atoms with Crippen LogP contribution in [0.3, 0.4) is 0 Å². The number of sulfone groups is 1. The average Bonchev–Trinajstić information content (AvgIpc) is 3.29. The van der Waals surface area contributed by atoms with Crippen molar-refractivity contribution in [1.29, 1.82) is 0 Å². The van der Waals surface area contributed by atoms with Gasteiger partial charge in [-0.1, -0.05) is 17.7 Å². The second-order valence-corrected chi connectivity index (χ2v) is 9.45. The van der Waals surface area contributed by atoms with Crippen LogP contribution in [0, 0.1) is 6.92 Å². The van der Waals surface area contributed by atoms with Crippen LogP contribution >= 0.6 is 11.3 Å². The number of nitrogens with one attached hydrogen (secondary N) is 1. The number of aromatic nitrogens is 1. The van der Waals surface area contributed by atoms with Crippen molar-refractivity contribution in [2.45, 2.75) is 42.6 Å². The zero-order valence-corrected chi connectivity index (χ0v) is 16.3. The molecule has 0 fully saturated rings. The Morgan fingerprint density at radius 1 is 1.11 bits per heavy atom. The number of hydrogen-bond acceptors (Lipinski definition) is 6. The Balaban J connectivity index is 1.54. The van der Waals surface area contributed by atoms with Gasteiger partial charge in [0.2, 0.25) is 14.9 Å². The van der Waals surface area contributed by atoms with Crippen molar-refractivity contribution in [2.24, 2.45) is 0 Å². The lowest BCUT2D eigenvalue weighted by molar-refractivity contribution is 0.0991. The molecule has 0 unspecified atom stereocenters. The summed E-state index contributed by atoms with van der Waals surface area (Å²) in [6, 6.07) is 9.14.